The van der Waals surface area contributed by atoms with E-state index in [4.69, 9.17) is 4.74 Å². The minimum atomic E-state index is -0.459. The number of nitrogens with one attached hydrogen (secondary N) is 1. The van der Waals surface area contributed by atoms with Gasteiger partial charge in [-0.2, -0.15) is 11.8 Å². The third-order valence-electron chi connectivity index (χ3n) is 5.61. The zero-order valence-corrected chi connectivity index (χ0v) is 14.6. The van der Waals surface area contributed by atoms with Crippen molar-refractivity contribution in [1.29, 1.82) is 0 Å². The summed E-state index contributed by atoms with van der Waals surface area (Å²) in [6.07, 6.45) is 7.75. The van der Waals surface area contributed by atoms with Crippen LogP contribution >= 0.6 is 11.8 Å². The summed E-state index contributed by atoms with van der Waals surface area (Å²) < 4.78 is 5.49. The Kier molecular flexibility index (Phi) is 6.07. The molecule has 3 aliphatic rings. The molecule has 0 aromatic carbocycles. The van der Waals surface area contributed by atoms with Crippen molar-refractivity contribution >= 4 is 11.8 Å². The molecule has 3 fully saturated rings. The van der Waals surface area contributed by atoms with Gasteiger partial charge >= 0.3 is 0 Å². The molecule has 1 aliphatic carbocycles. The molecular weight excluding hydrogens is 296 g/mol. The molecule has 0 spiro atoms. The number of hydrogen-bond donors (Lipinski definition) is 2. The van der Waals surface area contributed by atoms with Crippen molar-refractivity contribution in [3.05, 3.63) is 0 Å². The number of thioether (sulfide) groups is 1. The molecule has 5 heteroatoms. The lowest BCUT2D eigenvalue weighted by Crippen LogP contribution is -2.51. The standard InChI is InChI=1S/C17H32N2O2S/c20-17(6-11-22-15-17)13-18-12-16(4-2-1-3-5-16)14-19-7-9-21-10-8-19/h18,20H,1-15H2. The summed E-state index contributed by atoms with van der Waals surface area (Å²) in [7, 11) is 0. The van der Waals surface area contributed by atoms with E-state index in [9.17, 15) is 5.11 Å². The maximum absolute atomic E-state index is 10.5. The van der Waals surface area contributed by atoms with Crippen LogP contribution < -0.4 is 5.32 Å². The van der Waals surface area contributed by atoms with Crippen LogP contribution in [0.2, 0.25) is 0 Å². The second-order valence-corrected chi connectivity index (χ2v) is 8.68. The molecule has 2 aliphatic heterocycles. The summed E-state index contributed by atoms with van der Waals surface area (Å²) in [6.45, 7) is 6.99. The smallest absolute Gasteiger partial charge is 0.0869 e. The van der Waals surface area contributed by atoms with Crippen molar-refractivity contribution < 1.29 is 9.84 Å². The van der Waals surface area contributed by atoms with E-state index in [1.807, 2.05) is 11.8 Å². The molecule has 0 aromatic rings. The van der Waals surface area contributed by atoms with Crippen molar-refractivity contribution in [3.63, 3.8) is 0 Å². The van der Waals surface area contributed by atoms with Gasteiger partial charge in [-0.15, -0.1) is 0 Å². The van der Waals surface area contributed by atoms with Crippen LogP contribution in [0.15, 0.2) is 0 Å². The first-order valence-corrected chi connectivity index (χ1v) is 10.2. The number of ether oxygens (including phenoxy) is 1. The number of morpholine rings is 1. The lowest BCUT2D eigenvalue weighted by atomic mass is 9.73. The van der Waals surface area contributed by atoms with Gasteiger partial charge in [0, 0.05) is 38.5 Å². The minimum Gasteiger partial charge on any atom is -0.388 e. The summed E-state index contributed by atoms with van der Waals surface area (Å²) in [5, 5.41) is 14.2. The SMILES string of the molecule is OC1(CNCC2(CN3CCOCC3)CCCCC2)CCSC1. The third-order valence-corrected chi connectivity index (χ3v) is 6.85. The van der Waals surface area contributed by atoms with Crippen molar-refractivity contribution in [3.8, 4) is 0 Å². The zero-order chi connectivity index (χ0) is 15.3. The lowest BCUT2D eigenvalue weighted by Gasteiger charge is -2.43. The van der Waals surface area contributed by atoms with Gasteiger partial charge in [-0.25, -0.2) is 0 Å². The van der Waals surface area contributed by atoms with Crippen LogP contribution in [0.4, 0.5) is 0 Å². The van der Waals surface area contributed by atoms with Crippen LogP contribution in [-0.4, -0.2) is 73.1 Å². The summed E-state index contributed by atoms with van der Waals surface area (Å²) in [4.78, 5) is 2.59. The molecule has 22 heavy (non-hydrogen) atoms. The van der Waals surface area contributed by atoms with Gasteiger partial charge in [-0.1, -0.05) is 19.3 Å². The van der Waals surface area contributed by atoms with Crippen LogP contribution in [0, 0.1) is 5.41 Å². The highest BCUT2D eigenvalue weighted by Crippen LogP contribution is 2.37. The quantitative estimate of drug-likeness (QED) is 0.777. The van der Waals surface area contributed by atoms with Crippen molar-refractivity contribution in [2.24, 2.45) is 5.41 Å². The van der Waals surface area contributed by atoms with E-state index in [-0.39, 0.29) is 0 Å². The fourth-order valence-electron chi connectivity index (χ4n) is 4.22. The molecule has 4 nitrogen and oxygen atoms in total. The lowest BCUT2D eigenvalue weighted by molar-refractivity contribution is 0.00462. The Morgan fingerprint density at radius 2 is 1.82 bits per heavy atom. The Balaban J connectivity index is 1.51. The third kappa shape index (κ3) is 4.60. The van der Waals surface area contributed by atoms with Gasteiger partial charge in [0.25, 0.3) is 0 Å². The predicted molar refractivity (Wildman–Crippen MR) is 92.5 cm³/mol. The van der Waals surface area contributed by atoms with Gasteiger partial charge in [0.1, 0.15) is 0 Å². The van der Waals surface area contributed by atoms with Gasteiger partial charge in [0.2, 0.25) is 0 Å². The highest BCUT2D eigenvalue weighted by molar-refractivity contribution is 7.99. The first-order chi connectivity index (χ1) is 10.7. The van der Waals surface area contributed by atoms with E-state index in [0.29, 0.717) is 5.41 Å². The van der Waals surface area contributed by atoms with E-state index in [2.05, 4.69) is 10.2 Å². The van der Waals surface area contributed by atoms with Gasteiger partial charge in [0.15, 0.2) is 0 Å². The van der Waals surface area contributed by atoms with Gasteiger partial charge in [-0.3, -0.25) is 4.90 Å². The monoisotopic (exact) mass is 328 g/mol. The van der Waals surface area contributed by atoms with Gasteiger partial charge in [-0.05, 0) is 30.4 Å². The second-order valence-electron chi connectivity index (χ2n) is 7.58. The second kappa shape index (κ2) is 7.84. The maximum Gasteiger partial charge on any atom is 0.0869 e. The van der Waals surface area contributed by atoms with Crippen LogP contribution in [0.5, 0.6) is 0 Å². The van der Waals surface area contributed by atoms with Crippen LogP contribution in [0.3, 0.4) is 0 Å². The molecular formula is C17H32N2O2S. The highest BCUT2D eigenvalue weighted by Gasteiger charge is 2.36. The Labute approximate surface area is 139 Å². The van der Waals surface area contributed by atoms with E-state index in [1.165, 1.54) is 38.6 Å². The van der Waals surface area contributed by atoms with E-state index in [1.54, 1.807) is 0 Å². The molecule has 3 rings (SSSR count). The fourth-order valence-corrected chi connectivity index (χ4v) is 5.52. The van der Waals surface area contributed by atoms with Gasteiger partial charge in [0.05, 0.1) is 18.8 Å². The molecule has 2 heterocycles. The summed E-state index contributed by atoms with van der Waals surface area (Å²) in [6, 6.07) is 0. The van der Waals surface area contributed by atoms with E-state index < -0.39 is 5.60 Å². The predicted octanol–water partition coefficient (Wildman–Crippen LogP) is 1.73. The Hall–Kier alpha value is 0.190. The molecule has 2 N–H and O–H groups in total. The molecule has 1 unspecified atom stereocenters. The number of rotatable bonds is 6. The minimum absolute atomic E-state index is 0.414. The molecule has 0 amide bonds. The maximum atomic E-state index is 10.5. The van der Waals surface area contributed by atoms with Gasteiger partial charge < -0.3 is 15.2 Å². The molecule has 1 atom stereocenters. The van der Waals surface area contributed by atoms with Crippen molar-refractivity contribution in [2.75, 3.05) is 57.4 Å². The van der Waals surface area contributed by atoms with E-state index in [0.717, 1.165) is 57.3 Å². The summed E-state index contributed by atoms with van der Waals surface area (Å²) >= 11 is 1.88. The molecule has 0 bridgehead atoms. The normalized spacial score (nSPS) is 33.1. The van der Waals surface area contributed by atoms with Crippen molar-refractivity contribution in [1.82, 2.24) is 10.2 Å². The molecule has 0 radical (unpaired) electrons. The largest absolute Gasteiger partial charge is 0.388 e. The number of hydrogen-bond acceptors (Lipinski definition) is 5. The van der Waals surface area contributed by atoms with Crippen LogP contribution in [-0.2, 0) is 4.74 Å². The van der Waals surface area contributed by atoms with Crippen molar-refractivity contribution in [2.45, 2.75) is 44.1 Å². The first-order valence-electron chi connectivity index (χ1n) is 9.01. The topological polar surface area (TPSA) is 44.7 Å². The number of aliphatic hydroxyl groups is 1. The Bertz CT molecular complexity index is 336. The van der Waals surface area contributed by atoms with Crippen LogP contribution in [0.25, 0.3) is 0 Å². The Morgan fingerprint density at radius 1 is 1.05 bits per heavy atom. The average Bonchev–Trinajstić information content (AvgIpc) is 2.96. The average molecular weight is 329 g/mol. The van der Waals surface area contributed by atoms with E-state index >= 15 is 0 Å². The molecule has 1 saturated carbocycles. The highest BCUT2D eigenvalue weighted by atomic mass is 32.2. The summed E-state index contributed by atoms with van der Waals surface area (Å²) in [5.41, 5.74) is -0.0445. The fraction of sp³-hybridized carbons (Fsp3) is 1.00. The molecule has 128 valence electrons. The number of nitrogens with zero attached hydrogens (tertiary/aromatic N) is 1. The zero-order valence-electron chi connectivity index (χ0n) is 13.8. The summed E-state index contributed by atoms with van der Waals surface area (Å²) in [5.74, 6) is 2.01. The molecule has 0 aromatic heterocycles. The first kappa shape index (κ1) is 17.0. The molecule has 2 saturated heterocycles. The Morgan fingerprint density at radius 3 is 2.50 bits per heavy atom. The van der Waals surface area contributed by atoms with Crippen LogP contribution in [0.1, 0.15) is 38.5 Å².